The number of nitrogens with zero attached hydrogens (tertiary/aromatic N) is 7. The minimum atomic E-state index is -0.816. The average Bonchev–Trinajstić information content (AvgIpc) is 4.15. The second-order valence-corrected chi connectivity index (χ2v) is 18.8. The van der Waals surface area contributed by atoms with Gasteiger partial charge in [-0.05, 0) is 55.9 Å². The summed E-state index contributed by atoms with van der Waals surface area (Å²) in [6.07, 6.45) is 6.46. The van der Waals surface area contributed by atoms with Gasteiger partial charge in [-0.3, -0.25) is 18.8 Å². The van der Waals surface area contributed by atoms with E-state index in [1.165, 1.54) is 4.90 Å². The number of imidazole rings is 1. The normalized spacial score (nSPS) is 20.1. The van der Waals surface area contributed by atoms with E-state index in [2.05, 4.69) is 42.2 Å². The Kier molecular flexibility index (Phi) is 15.2. The molecule has 1 aliphatic carbocycles. The van der Waals surface area contributed by atoms with E-state index in [-0.39, 0.29) is 79.7 Å². The van der Waals surface area contributed by atoms with Crippen LogP contribution >= 0.6 is 11.3 Å². The number of hydrogen-bond donors (Lipinski definition) is 5. The number of ether oxygens (including phenoxy) is 2. The molecular weight excluding hydrogens is 903 g/mol. The van der Waals surface area contributed by atoms with Gasteiger partial charge in [0, 0.05) is 62.9 Å². The number of aromatic nitrogens is 5. The lowest BCUT2D eigenvalue weighted by atomic mass is 9.91. The number of phenols is 1. The summed E-state index contributed by atoms with van der Waals surface area (Å²) in [6, 6.07) is 15.8. The molecule has 2 aliphatic heterocycles. The molecule has 18 nitrogen and oxygen atoms in total. The largest absolute Gasteiger partial charge is 0.507 e. The SMILES string of the molecule is Cc1ncsc1-c1ccc([C@H](C)NC(=O)[C@@H]2C[C@@H](O)CN2C(=O)[C@@H](c2cc(N3CCC(OC4CC(OCC#Cc5cn6cc(-c7ccccc7O)nc6nc5N)C4)CC3)no2)C(C)C)cc1.O=CO. The summed E-state index contributed by atoms with van der Waals surface area (Å²) in [5.41, 5.74) is 12.8. The van der Waals surface area contributed by atoms with Gasteiger partial charge >= 0.3 is 0 Å². The number of aryl methyl sites for hydroxylation is 1. The van der Waals surface area contributed by atoms with Crippen LogP contribution in [0, 0.1) is 24.7 Å². The predicted molar refractivity (Wildman–Crippen MR) is 258 cm³/mol. The lowest BCUT2D eigenvalue weighted by Gasteiger charge is -2.39. The number of thiazole rings is 1. The van der Waals surface area contributed by atoms with E-state index in [0.717, 1.165) is 60.5 Å². The number of hydrogen-bond acceptors (Lipinski definition) is 15. The summed E-state index contributed by atoms with van der Waals surface area (Å²) < 4.78 is 20.1. The molecule has 69 heavy (non-hydrogen) atoms. The number of nitrogens with two attached hydrogens (primary N) is 1. The van der Waals surface area contributed by atoms with Crippen LogP contribution < -0.4 is 16.0 Å². The number of benzene rings is 2. The van der Waals surface area contributed by atoms with Crippen molar-refractivity contribution >= 4 is 47.0 Å². The Balaban J connectivity index is 0.00000209. The number of fused-ring (bicyclic) bond motifs is 1. The number of aliphatic hydroxyl groups is 1. The summed E-state index contributed by atoms with van der Waals surface area (Å²) in [6.45, 7) is 9.32. The van der Waals surface area contributed by atoms with Crippen LogP contribution in [0.4, 0.5) is 11.6 Å². The molecule has 6 N–H and O–H groups in total. The van der Waals surface area contributed by atoms with E-state index in [1.54, 1.807) is 46.3 Å². The van der Waals surface area contributed by atoms with Crippen LogP contribution in [0.2, 0.25) is 0 Å². The Labute approximate surface area is 403 Å². The molecule has 0 radical (unpaired) electrons. The van der Waals surface area contributed by atoms with E-state index in [1.807, 2.05) is 69.6 Å². The molecule has 3 aliphatic rings. The molecule has 4 atom stereocenters. The molecule has 2 saturated heterocycles. The van der Waals surface area contributed by atoms with Crippen LogP contribution in [0.5, 0.6) is 5.75 Å². The molecule has 3 fully saturated rings. The van der Waals surface area contributed by atoms with E-state index >= 15 is 0 Å². The number of carboxylic acid groups (broad SMARTS) is 1. The highest BCUT2D eigenvalue weighted by molar-refractivity contribution is 7.13. The highest BCUT2D eigenvalue weighted by Gasteiger charge is 2.44. The number of piperidine rings is 1. The molecule has 19 heteroatoms. The maximum Gasteiger partial charge on any atom is 0.290 e. The van der Waals surface area contributed by atoms with Crippen molar-refractivity contribution in [3.8, 4) is 39.3 Å². The fourth-order valence-electron chi connectivity index (χ4n) is 9.09. The Hall–Kier alpha value is -6.85. The van der Waals surface area contributed by atoms with Gasteiger partial charge in [0.15, 0.2) is 11.6 Å². The van der Waals surface area contributed by atoms with Crippen molar-refractivity contribution in [2.24, 2.45) is 5.92 Å². The molecular formula is C50H57N9O9S. The van der Waals surface area contributed by atoms with Crippen molar-refractivity contribution in [3.05, 3.63) is 95.1 Å². The first-order valence-corrected chi connectivity index (χ1v) is 24.0. The van der Waals surface area contributed by atoms with Gasteiger partial charge in [-0.2, -0.15) is 4.98 Å². The van der Waals surface area contributed by atoms with Crippen LogP contribution in [0.15, 0.2) is 77.0 Å². The Bertz CT molecular complexity index is 2800. The number of β-amino-alcohol motifs (C(OH)–C–C–N with tert-alkyl or cyclic N) is 1. The average molecular weight is 960 g/mol. The number of aromatic hydroxyl groups is 1. The van der Waals surface area contributed by atoms with E-state index < -0.39 is 18.1 Å². The summed E-state index contributed by atoms with van der Waals surface area (Å²) in [4.78, 5) is 54.4. The number of anilines is 2. The molecule has 2 amide bonds. The molecule has 0 unspecified atom stereocenters. The topological polar surface area (TPSA) is 244 Å². The number of amides is 2. The van der Waals surface area contributed by atoms with Crippen molar-refractivity contribution in [2.45, 2.75) is 102 Å². The maximum atomic E-state index is 14.3. The summed E-state index contributed by atoms with van der Waals surface area (Å²) in [5, 5.41) is 35.3. The molecule has 9 rings (SSSR count). The van der Waals surface area contributed by atoms with Gasteiger partial charge in [-0.1, -0.05) is 67.2 Å². The van der Waals surface area contributed by atoms with Crippen molar-refractivity contribution in [1.82, 2.24) is 34.7 Å². The van der Waals surface area contributed by atoms with E-state index in [4.69, 9.17) is 29.6 Å². The summed E-state index contributed by atoms with van der Waals surface area (Å²) in [5.74, 6) is 6.66. The zero-order chi connectivity index (χ0) is 48.8. The lowest BCUT2D eigenvalue weighted by molar-refractivity contribution is -0.141. The van der Waals surface area contributed by atoms with Crippen LogP contribution in [-0.4, -0.2) is 120 Å². The third-order valence-electron chi connectivity index (χ3n) is 12.9. The molecule has 1 saturated carbocycles. The smallest absolute Gasteiger partial charge is 0.290 e. The third kappa shape index (κ3) is 11.2. The van der Waals surface area contributed by atoms with E-state index in [0.29, 0.717) is 34.2 Å². The third-order valence-corrected chi connectivity index (χ3v) is 13.8. The zero-order valence-electron chi connectivity index (χ0n) is 38.9. The number of carbonyl (C=O) groups excluding carboxylic acids is 2. The minimum absolute atomic E-state index is 0.0663. The number of phenolic OH excluding ortho intramolecular Hbond substituents is 1. The molecule has 0 bridgehead atoms. The fraction of sp³-hybridized carbons (Fsp3) is 0.420. The number of aliphatic hydroxyl groups excluding tert-OH is 1. The number of para-hydroxylation sites is 1. The first kappa shape index (κ1) is 48.6. The molecule has 6 heterocycles. The molecule has 2 aromatic carbocycles. The van der Waals surface area contributed by atoms with Crippen LogP contribution in [0.3, 0.4) is 0 Å². The van der Waals surface area contributed by atoms with Crippen LogP contribution in [0.25, 0.3) is 27.5 Å². The van der Waals surface area contributed by atoms with Gasteiger partial charge in [-0.25, -0.2) is 9.97 Å². The molecule has 0 spiro atoms. The van der Waals surface area contributed by atoms with Crippen LogP contribution in [0.1, 0.15) is 87.4 Å². The quantitative estimate of drug-likeness (QED) is 0.0662. The molecule has 6 aromatic rings. The van der Waals surface area contributed by atoms with Crippen LogP contribution in [-0.2, 0) is 23.9 Å². The van der Waals surface area contributed by atoms with E-state index in [9.17, 15) is 19.8 Å². The summed E-state index contributed by atoms with van der Waals surface area (Å²) >= 11 is 1.59. The Morgan fingerprint density at radius 2 is 1.77 bits per heavy atom. The first-order valence-electron chi connectivity index (χ1n) is 23.1. The highest BCUT2D eigenvalue weighted by Crippen LogP contribution is 2.35. The number of rotatable bonds is 13. The number of carbonyl (C=O) groups is 3. The maximum absolute atomic E-state index is 14.3. The lowest BCUT2D eigenvalue weighted by Crippen LogP contribution is -2.48. The standard InChI is InChI=1S/C49H55N9O7S.CH2O2/c1-28(2)44(48(62)58-25-34(59)20-40(58)47(61)52-29(3)31-11-13-32(14-12-31)45-30(4)51-27-66-45)42-23-43(55-65-42)56-17-15-35(16-18-56)64-37-21-36(22-37)63-19-7-8-33-24-57-26-39(53-49(57)54-46(33)50)38-9-5-6-10-41(38)60;2-1-3/h5-6,9-14,23-24,26-29,34-37,40,44,59-60H,15-22,25H2,1-4H3,(H,52,61)(H2,50,53,54);1H,(H,2,3)/t29-,34+,36?,37?,40-,44+;/m0./s1. The van der Waals surface area contributed by atoms with Crippen molar-refractivity contribution < 1.29 is 43.7 Å². The second kappa shape index (κ2) is 21.6. The van der Waals surface area contributed by atoms with Gasteiger partial charge < -0.3 is 50.2 Å². The van der Waals surface area contributed by atoms with Gasteiger partial charge in [0.1, 0.15) is 30.1 Å². The number of likely N-dealkylation sites (tertiary alicyclic amines) is 1. The zero-order valence-corrected chi connectivity index (χ0v) is 39.7. The van der Waals surface area contributed by atoms with Gasteiger partial charge in [0.25, 0.3) is 6.47 Å². The number of nitrogens with one attached hydrogen (secondary N) is 1. The fourth-order valence-corrected chi connectivity index (χ4v) is 9.90. The summed E-state index contributed by atoms with van der Waals surface area (Å²) in [7, 11) is 0. The van der Waals surface area contributed by atoms with Gasteiger partial charge in [-0.15, -0.1) is 11.3 Å². The van der Waals surface area contributed by atoms with Crippen molar-refractivity contribution in [3.63, 3.8) is 0 Å². The Morgan fingerprint density at radius 1 is 1.03 bits per heavy atom. The second-order valence-electron chi connectivity index (χ2n) is 18.0. The number of nitrogen functional groups attached to an aromatic ring is 1. The molecule has 362 valence electrons. The molecule has 4 aromatic heterocycles. The van der Waals surface area contributed by atoms with Gasteiger partial charge in [0.05, 0.1) is 57.8 Å². The van der Waals surface area contributed by atoms with Gasteiger partial charge in [0.2, 0.25) is 17.6 Å². The monoisotopic (exact) mass is 959 g/mol. The van der Waals surface area contributed by atoms with Crippen molar-refractivity contribution in [1.29, 1.82) is 0 Å². The van der Waals surface area contributed by atoms with Crippen molar-refractivity contribution in [2.75, 3.05) is 36.9 Å². The first-order chi connectivity index (χ1) is 33.3. The highest BCUT2D eigenvalue weighted by atomic mass is 32.1. The predicted octanol–water partition coefficient (Wildman–Crippen LogP) is 5.97. The minimum Gasteiger partial charge on any atom is -0.507 e. The Morgan fingerprint density at radius 3 is 2.46 bits per heavy atom.